The molecule has 2 rings (SSSR count). The molecular weight excluding hydrogens is 254 g/mol. The van der Waals surface area contributed by atoms with Crippen LogP contribution in [0, 0.1) is 0 Å². The van der Waals surface area contributed by atoms with Crippen LogP contribution >= 0.6 is 0 Å². The minimum Gasteiger partial charge on any atom is -0.497 e. The number of methoxy groups -OCH3 is 2. The van der Waals surface area contributed by atoms with Gasteiger partial charge in [-0.2, -0.15) is 0 Å². The van der Waals surface area contributed by atoms with Crippen LogP contribution in [0.15, 0.2) is 18.2 Å². The SMILES string of the molecule is COc1cc(OC)cc(C(O)CNC2CCCCC2)c1. The molecule has 0 radical (unpaired) electrons. The van der Waals surface area contributed by atoms with E-state index < -0.39 is 6.10 Å². The van der Waals surface area contributed by atoms with Crippen LogP contribution in [-0.2, 0) is 0 Å². The summed E-state index contributed by atoms with van der Waals surface area (Å²) in [6.45, 7) is 0.570. The van der Waals surface area contributed by atoms with E-state index in [0.717, 1.165) is 5.56 Å². The molecule has 1 saturated carbocycles. The maximum Gasteiger partial charge on any atom is 0.122 e. The molecule has 1 unspecified atom stereocenters. The lowest BCUT2D eigenvalue weighted by molar-refractivity contribution is 0.165. The Labute approximate surface area is 121 Å². The zero-order chi connectivity index (χ0) is 14.4. The van der Waals surface area contributed by atoms with Gasteiger partial charge in [0.25, 0.3) is 0 Å². The summed E-state index contributed by atoms with van der Waals surface area (Å²) in [4.78, 5) is 0. The first-order chi connectivity index (χ1) is 9.72. The van der Waals surface area contributed by atoms with Gasteiger partial charge in [0.1, 0.15) is 11.5 Å². The molecule has 1 aliphatic carbocycles. The maximum atomic E-state index is 10.3. The van der Waals surface area contributed by atoms with E-state index in [2.05, 4.69) is 5.32 Å². The molecule has 0 heterocycles. The van der Waals surface area contributed by atoms with E-state index in [-0.39, 0.29) is 0 Å². The minimum atomic E-state index is -0.541. The second kappa shape index (κ2) is 7.50. The van der Waals surface area contributed by atoms with Crippen molar-refractivity contribution in [1.29, 1.82) is 0 Å². The van der Waals surface area contributed by atoms with Gasteiger partial charge in [-0.15, -0.1) is 0 Å². The number of hydrogen-bond acceptors (Lipinski definition) is 4. The van der Waals surface area contributed by atoms with Crippen LogP contribution in [-0.4, -0.2) is 31.9 Å². The second-order valence-corrected chi connectivity index (χ2v) is 5.40. The number of hydrogen-bond donors (Lipinski definition) is 2. The standard InChI is InChI=1S/C16H25NO3/c1-19-14-8-12(9-15(10-14)20-2)16(18)11-17-13-6-4-3-5-7-13/h8-10,13,16-18H,3-7,11H2,1-2H3. The van der Waals surface area contributed by atoms with Crippen molar-refractivity contribution >= 4 is 0 Å². The molecule has 0 saturated heterocycles. The zero-order valence-electron chi connectivity index (χ0n) is 12.4. The molecule has 0 bridgehead atoms. The highest BCUT2D eigenvalue weighted by Gasteiger charge is 2.16. The summed E-state index contributed by atoms with van der Waals surface area (Å²) in [5, 5.41) is 13.8. The Morgan fingerprint density at radius 2 is 1.70 bits per heavy atom. The third-order valence-electron chi connectivity index (χ3n) is 3.96. The highest BCUT2D eigenvalue weighted by molar-refractivity contribution is 5.39. The Kier molecular flexibility index (Phi) is 5.68. The molecule has 1 fully saturated rings. The molecule has 112 valence electrons. The van der Waals surface area contributed by atoms with Gasteiger partial charge < -0.3 is 19.9 Å². The monoisotopic (exact) mass is 279 g/mol. The summed E-state index contributed by atoms with van der Waals surface area (Å²) in [5.41, 5.74) is 0.824. The lowest BCUT2D eigenvalue weighted by Crippen LogP contribution is -2.34. The first kappa shape index (κ1) is 15.1. The predicted octanol–water partition coefficient (Wildman–Crippen LogP) is 2.66. The highest BCUT2D eigenvalue weighted by atomic mass is 16.5. The molecule has 0 spiro atoms. The molecule has 1 aromatic carbocycles. The van der Waals surface area contributed by atoms with Crippen LogP contribution < -0.4 is 14.8 Å². The molecule has 0 aromatic heterocycles. The Morgan fingerprint density at radius 1 is 1.10 bits per heavy atom. The van der Waals surface area contributed by atoms with Crippen molar-refractivity contribution in [1.82, 2.24) is 5.32 Å². The van der Waals surface area contributed by atoms with E-state index in [1.54, 1.807) is 14.2 Å². The lowest BCUT2D eigenvalue weighted by Gasteiger charge is -2.24. The van der Waals surface area contributed by atoms with Crippen LogP contribution in [0.5, 0.6) is 11.5 Å². The van der Waals surface area contributed by atoms with Crippen LogP contribution in [0.2, 0.25) is 0 Å². The Hall–Kier alpha value is -1.26. The average Bonchev–Trinajstić information content (AvgIpc) is 2.52. The minimum absolute atomic E-state index is 0.541. The van der Waals surface area contributed by atoms with E-state index in [4.69, 9.17) is 9.47 Å². The Balaban J connectivity index is 1.95. The summed E-state index contributed by atoms with van der Waals surface area (Å²) in [7, 11) is 3.23. The molecule has 4 nitrogen and oxygen atoms in total. The summed E-state index contributed by atoms with van der Waals surface area (Å²) in [6, 6.07) is 6.07. The van der Waals surface area contributed by atoms with Crippen LogP contribution in [0.25, 0.3) is 0 Å². The third kappa shape index (κ3) is 4.12. The first-order valence-corrected chi connectivity index (χ1v) is 7.37. The molecule has 0 aliphatic heterocycles. The van der Waals surface area contributed by atoms with Gasteiger partial charge >= 0.3 is 0 Å². The van der Waals surface area contributed by atoms with Gasteiger partial charge in [0, 0.05) is 18.7 Å². The maximum absolute atomic E-state index is 10.3. The van der Waals surface area contributed by atoms with Gasteiger partial charge in [-0.25, -0.2) is 0 Å². The van der Waals surface area contributed by atoms with Crippen molar-refractivity contribution in [2.24, 2.45) is 0 Å². The normalized spacial score (nSPS) is 17.8. The molecule has 1 atom stereocenters. The fourth-order valence-corrected chi connectivity index (χ4v) is 2.72. The number of aliphatic hydroxyl groups is 1. The summed E-state index contributed by atoms with van der Waals surface area (Å²) < 4.78 is 10.5. The zero-order valence-corrected chi connectivity index (χ0v) is 12.4. The van der Waals surface area contributed by atoms with E-state index in [1.165, 1.54) is 32.1 Å². The summed E-state index contributed by atoms with van der Waals surface area (Å²) in [6.07, 6.45) is 5.82. The van der Waals surface area contributed by atoms with Crippen LogP contribution in [0.3, 0.4) is 0 Å². The quantitative estimate of drug-likeness (QED) is 0.840. The predicted molar refractivity (Wildman–Crippen MR) is 79.4 cm³/mol. The molecule has 4 heteroatoms. The molecule has 0 amide bonds. The second-order valence-electron chi connectivity index (χ2n) is 5.40. The van der Waals surface area contributed by atoms with Gasteiger partial charge in [-0.05, 0) is 30.5 Å². The summed E-state index contributed by atoms with van der Waals surface area (Å²) >= 11 is 0. The van der Waals surface area contributed by atoms with E-state index in [0.29, 0.717) is 24.1 Å². The van der Waals surface area contributed by atoms with Gasteiger partial charge in [-0.1, -0.05) is 19.3 Å². The van der Waals surface area contributed by atoms with Crippen molar-refractivity contribution in [2.75, 3.05) is 20.8 Å². The molecule has 2 N–H and O–H groups in total. The largest absolute Gasteiger partial charge is 0.497 e. The van der Waals surface area contributed by atoms with Crippen molar-refractivity contribution in [3.63, 3.8) is 0 Å². The number of rotatable bonds is 6. The topological polar surface area (TPSA) is 50.7 Å². The van der Waals surface area contributed by atoms with E-state index in [1.807, 2.05) is 18.2 Å². The number of ether oxygens (including phenoxy) is 2. The molecule has 20 heavy (non-hydrogen) atoms. The lowest BCUT2D eigenvalue weighted by atomic mass is 9.95. The van der Waals surface area contributed by atoms with E-state index in [9.17, 15) is 5.11 Å². The number of nitrogens with one attached hydrogen (secondary N) is 1. The number of benzene rings is 1. The van der Waals surface area contributed by atoms with Gasteiger partial charge in [0.2, 0.25) is 0 Å². The van der Waals surface area contributed by atoms with Crippen molar-refractivity contribution in [3.8, 4) is 11.5 Å². The van der Waals surface area contributed by atoms with Crippen molar-refractivity contribution in [2.45, 2.75) is 44.2 Å². The highest BCUT2D eigenvalue weighted by Crippen LogP contribution is 2.26. The molecular formula is C16H25NO3. The fraction of sp³-hybridized carbons (Fsp3) is 0.625. The van der Waals surface area contributed by atoms with Crippen LogP contribution in [0.1, 0.15) is 43.8 Å². The third-order valence-corrected chi connectivity index (χ3v) is 3.96. The van der Waals surface area contributed by atoms with Crippen LogP contribution in [0.4, 0.5) is 0 Å². The Bertz CT molecular complexity index is 394. The summed E-state index contributed by atoms with van der Waals surface area (Å²) in [5.74, 6) is 1.41. The molecule has 1 aromatic rings. The van der Waals surface area contributed by atoms with Crippen molar-refractivity contribution in [3.05, 3.63) is 23.8 Å². The average molecular weight is 279 g/mol. The molecule has 1 aliphatic rings. The van der Waals surface area contributed by atoms with Gasteiger partial charge in [0.05, 0.1) is 20.3 Å². The smallest absolute Gasteiger partial charge is 0.122 e. The van der Waals surface area contributed by atoms with Crippen molar-refractivity contribution < 1.29 is 14.6 Å². The first-order valence-electron chi connectivity index (χ1n) is 7.37. The Morgan fingerprint density at radius 3 is 2.25 bits per heavy atom. The fourth-order valence-electron chi connectivity index (χ4n) is 2.72. The number of aliphatic hydroxyl groups excluding tert-OH is 1. The van der Waals surface area contributed by atoms with E-state index >= 15 is 0 Å². The van der Waals surface area contributed by atoms with Gasteiger partial charge in [-0.3, -0.25) is 0 Å². The van der Waals surface area contributed by atoms with Gasteiger partial charge in [0.15, 0.2) is 0 Å².